The summed E-state index contributed by atoms with van der Waals surface area (Å²) in [5.41, 5.74) is 9.39. The predicted octanol–water partition coefficient (Wildman–Crippen LogP) is 2.07. The molecule has 0 aliphatic carbocycles. The third kappa shape index (κ3) is 4.35. The topological polar surface area (TPSA) is 80.4 Å². The van der Waals surface area contributed by atoms with Gasteiger partial charge < -0.3 is 5.73 Å². The number of nitrogens with one attached hydrogen (secondary N) is 1. The number of nitrogen functional groups attached to an aromatic ring is 1. The second-order valence-electron chi connectivity index (χ2n) is 3.70. The number of anilines is 1. The summed E-state index contributed by atoms with van der Waals surface area (Å²) in [7, 11) is 0. The van der Waals surface area contributed by atoms with E-state index in [9.17, 15) is 4.79 Å². The fraction of sp³-hybridized carbons (Fsp3) is 0.0833. The molecule has 0 saturated carbocycles. The minimum atomic E-state index is -0.240. The summed E-state index contributed by atoms with van der Waals surface area (Å²) in [5, 5.41) is 6.71. The van der Waals surface area contributed by atoms with Crippen molar-refractivity contribution in [3.05, 3.63) is 45.9 Å². The lowest BCUT2D eigenvalue weighted by molar-refractivity contribution is -0.120. The molecule has 5 nitrogen and oxygen atoms in total. The van der Waals surface area contributed by atoms with Crippen LogP contribution >= 0.6 is 22.9 Å². The Morgan fingerprint density at radius 3 is 2.84 bits per heavy atom. The quantitative estimate of drug-likeness (QED) is 0.669. The highest BCUT2D eigenvalue weighted by molar-refractivity contribution is 7.13. The van der Waals surface area contributed by atoms with Crippen LogP contribution < -0.4 is 11.2 Å². The molecule has 1 aromatic carbocycles. The van der Waals surface area contributed by atoms with Gasteiger partial charge >= 0.3 is 0 Å². The SMILES string of the molecule is Nc1nc(CC(=O)N/N=C/c2ccc(Cl)cc2)cs1. The monoisotopic (exact) mass is 294 g/mol. The third-order valence-electron chi connectivity index (χ3n) is 2.18. The number of hydrazone groups is 1. The first kappa shape index (κ1) is 13.5. The van der Waals surface area contributed by atoms with Gasteiger partial charge in [-0.05, 0) is 17.7 Å². The van der Waals surface area contributed by atoms with Crippen molar-refractivity contribution in [3.63, 3.8) is 0 Å². The van der Waals surface area contributed by atoms with Gasteiger partial charge in [0.15, 0.2) is 5.13 Å². The number of thiazole rings is 1. The Balaban J connectivity index is 1.84. The molecule has 7 heteroatoms. The molecule has 0 radical (unpaired) electrons. The van der Waals surface area contributed by atoms with Crippen LogP contribution in [0.4, 0.5) is 5.13 Å². The number of hydrogen-bond acceptors (Lipinski definition) is 5. The van der Waals surface area contributed by atoms with E-state index in [2.05, 4.69) is 15.5 Å². The van der Waals surface area contributed by atoms with E-state index in [1.54, 1.807) is 35.9 Å². The minimum Gasteiger partial charge on any atom is -0.375 e. The van der Waals surface area contributed by atoms with Gasteiger partial charge in [-0.2, -0.15) is 5.10 Å². The van der Waals surface area contributed by atoms with E-state index in [0.717, 1.165) is 5.56 Å². The number of aromatic nitrogens is 1. The molecule has 0 bridgehead atoms. The molecule has 0 aliphatic heterocycles. The van der Waals surface area contributed by atoms with E-state index in [1.807, 2.05) is 0 Å². The van der Waals surface area contributed by atoms with E-state index in [-0.39, 0.29) is 12.3 Å². The summed E-state index contributed by atoms with van der Waals surface area (Å²) >= 11 is 7.06. The smallest absolute Gasteiger partial charge is 0.246 e. The maximum atomic E-state index is 11.5. The van der Waals surface area contributed by atoms with Crippen molar-refractivity contribution < 1.29 is 4.79 Å². The van der Waals surface area contributed by atoms with Crippen molar-refractivity contribution in [1.29, 1.82) is 0 Å². The molecular formula is C12H11ClN4OS. The van der Waals surface area contributed by atoms with Gasteiger partial charge in [0.2, 0.25) is 5.91 Å². The van der Waals surface area contributed by atoms with Crippen molar-refractivity contribution >= 4 is 40.2 Å². The third-order valence-corrected chi connectivity index (χ3v) is 3.16. The Kier molecular flexibility index (Phi) is 4.48. The second kappa shape index (κ2) is 6.31. The fourth-order valence-electron chi connectivity index (χ4n) is 1.34. The Morgan fingerprint density at radius 1 is 1.47 bits per heavy atom. The molecule has 0 fully saturated rings. The van der Waals surface area contributed by atoms with Gasteiger partial charge in [0.25, 0.3) is 0 Å². The zero-order valence-corrected chi connectivity index (χ0v) is 11.4. The number of nitrogens with zero attached hydrogens (tertiary/aromatic N) is 2. The number of nitrogens with two attached hydrogens (primary N) is 1. The zero-order chi connectivity index (χ0) is 13.7. The van der Waals surface area contributed by atoms with Crippen molar-refractivity contribution in [1.82, 2.24) is 10.4 Å². The van der Waals surface area contributed by atoms with Crippen LogP contribution in [0.25, 0.3) is 0 Å². The van der Waals surface area contributed by atoms with Crippen LogP contribution in [-0.2, 0) is 11.2 Å². The van der Waals surface area contributed by atoms with Crippen molar-refractivity contribution in [2.75, 3.05) is 5.73 Å². The van der Waals surface area contributed by atoms with E-state index < -0.39 is 0 Å². The molecule has 1 aromatic heterocycles. The predicted molar refractivity (Wildman–Crippen MR) is 77.4 cm³/mol. The Bertz CT molecular complexity index is 594. The molecule has 2 aromatic rings. The van der Waals surface area contributed by atoms with Gasteiger partial charge in [-0.3, -0.25) is 4.79 Å². The first-order valence-electron chi connectivity index (χ1n) is 5.41. The molecule has 0 aliphatic rings. The number of hydrogen-bond donors (Lipinski definition) is 2. The van der Waals surface area contributed by atoms with Crippen molar-refractivity contribution in [2.24, 2.45) is 5.10 Å². The molecule has 2 rings (SSSR count). The van der Waals surface area contributed by atoms with E-state index in [1.165, 1.54) is 11.3 Å². The maximum Gasteiger partial charge on any atom is 0.246 e. The second-order valence-corrected chi connectivity index (χ2v) is 5.02. The van der Waals surface area contributed by atoms with E-state index in [4.69, 9.17) is 17.3 Å². The van der Waals surface area contributed by atoms with Crippen LogP contribution in [0.5, 0.6) is 0 Å². The molecule has 1 heterocycles. The summed E-state index contributed by atoms with van der Waals surface area (Å²) < 4.78 is 0. The Hall–Kier alpha value is -1.92. The number of carbonyl (C=O) groups is 1. The Morgan fingerprint density at radius 2 is 2.21 bits per heavy atom. The Labute approximate surface area is 119 Å². The lowest BCUT2D eigenvalue weighted by atomic mass is 10.2. The zero-order valence-electron chi connectivity index (χ0n) is 9.84. The van der Waals surface area contributed by atoms with Crippen LogP contribution in [0.3, 0.4) is 0 Å². The normalized spacial score (nSPS) is 10.8. The highest BCUT2D eigenvalue weighted by atomic mass is 35.5. The van der Waals surface area contributed by atoms with E-state index >= 15 is 0 Å². The van der Waals surface area contributed by atoms with Crippen LogP contribution in [0.15, 0.2) is 34.7 Å². The largest absolute Gasteiger partial charge is 0.375 e. The number of rotatable bonds is 4. The first-order valence-corrected chi connectivity index (χ1v) is 6.66. The summed E-state index contributed by atoms with van der Waals surface area (Å²) in [4.78, 5) is 15.5. The highest BCUT2D eigenvalue weighted by Gasteiger charge is 2.05. The molecule has 0 spiro atoms. The lowest BCUT2D eigenvalue weighted by Gasteiger charge is -1.97. The van der Waals surface area contributed by atoms with Crippen LogP contribution in [0.2, 0.25) is 5.02 Å². The molecule has 3 N–H and O–H groups in total. The molecule has 0 unspecified atom stereocenters. The molecule has 0 saturated heterocycles. The van der Waals surface area contributed by atoms with Gasteiger partial charge in [0.1, 0.15) is 0 Å². The number of benzene rings is 1. The first-order chi connectivity index (χ1) is 9.13. The number of carbonyl (C=O) groups excluding carboxylic acids is 1. The summed E-state index contributed by atoms with van der Waals surface area (Å²) in [6.07, 6.45) is 1.70. The van der Waals surface area contributed by atoms with Crippen molar-refractivity contribution in [2.45, 2.75) is 6.42 Å². The number of amides is 1. The standard InChI is InChI=1S/C12H11ClN4OS/c13-9-3-1-8(2-4-9)6-15-17-11(18)5-10-7-19-12(14)16-10/h1-4,6-7H,5H2,(H2,14,16)(H,17,18)/b15-6+. The van der Waals surface area contributed by atoms with Gasteiger partial charge in [-0.15, -0.1) is 11.3 Å². The summed E-state index contributed by atoms with van der Waals surface area (Å²) in [5.74, 6) is -0.240. The molecule has 1 amide bonds. The number of halogens is 1. The van der Waals surface area contributed by atoms with Gasteiger partial charge in [0, 0.05) is 10.4 Å². The van der Waals surface area contributed by atoms with Gasteiger partial charge in [-0.1, -0.05) is 23.7 Å². The highest BCUT2D eigenvalue weighted by Crippen LogP contribution is 2.11. The molecular weight excluding hydrogens is 284 g/mol. The lowest BCUT2D eigenvalue weighted by Crippen LogP contribution is -2.19. The summed E-state index contributed by atoms with van der Waals surface area (Å²) in [6, 6.07) is 7.11. The maximum absolute atomic E-state index is 11.5. The summed E-state index contributed by atoms with van der Waals surface area (Å²) in [6.45, 7) is 0. The average molecular weight is 295 g/mol. The van der Waals surface area contributed by atoms with Crippen LogP contribution in [0.1, 0.15) is 11.3 Å². The fourth-order valence-corrected chi connectivity index (χ4v) is 2.02. The van der Waals surface area contributed by atoms with Crippen LogP contribution in [0, 0.1) is 0 Å². The van der Waals surface area contributed by atoms with Crippen molar-refractivity contribution in [3.8, 4) is 0 Å². The van der Waals surface area contributed by atoms with Gasteiger partial charge in [-0.25, -0.2) is 10.4 Å². The average Bonchev–Trinajstić information content (AvgIpc) is 2.77. The molecule has 98 valence electrons. The minimum absolute atomic E-state index is 0.158. The molecule has 19 heavy (non-hydrogen) atoms. The molecule has 0 atom stereocenters. The van der Waals surface area contributed by atoms with Crippen LogP contribution in [-0.4, -0.2) is 17.1 Å². The van der Waals surface area contributed by atoms with Gasteiger partial charge in [0.05, 0.1) is 18.3 Å². The van der Waals surface area contributed by atoms with E-state index in [0.29, 0.717) is 15.8 Å².